The molecule has 0 saturated carbocycles. The number of nitrogens with two attached hydrogens (primary N) is 1. The molecule has 0 rings (SSSR count). The Labute approximate surface area is 60.6 Å². The lowest BCUT2D eigenvalue weighted by molar-refractivity contribution is -0.121. The van der Waals surface area contributed by atoms with Crippen molar-refractivity contribution in [2.45, 2.75) is 26.3 Å². The van der Waals surface area contributed by atoms with Crippen LogP contribution in [0.5, 0.6) is 0 Å². The third-order valence-electron chi connectivity index (χ3n) is 1.27. The van der Waals surface area contributed by atoms with E-state index >= 15 is 0 Å². The summed E-state index contributed by atoms with van der Waals surface area (Å²) in [6.07, 6.45) is 0.572. The molecule has 10 heavy (non-hydrogen) atoms. The van der Waals surface area contributed by atoms with E-state index in [4.69, 9.17) is 5.73 Å². The number of hydrogen-bond donors (Lipinski definition) is 1. The number of Topliss-reactive ketones (excluding diaryl/α,β-unsaturated/α-hetero) is 1. The van der Waals surface area contributed by atoms with Crippen molar-refractivity contribution in [1.82, 2.24) is 0 Å². The highest BCUT2D eigenvalue weighted by atomic mass is 19.1. The molecule has 3 heteroatoms. The molecule has 0 radical (unpaired) electrons. The van der Waals surface area contributed by atoms with E-state index < -0.39 is 18.5 Å². The van der Waals surface area contributed by atoms with Crippen LogP contribution in [-0.4, -0.2) is 18.5 Å². The summed E-state index contributed by atoms with van der Waals surface area (Å²) in [6.45, 7) is 2.96. The molecule has 0 aliphatic heterocycles. The summed E-state index contributed by atoms with van der Waals surface area (Å²) in [5, 5.41) is 0. The predicted octanol–water partition coefficient (Wildman–Crippen LogP) is 0.898. The largest absolute Gasteiger partial charge is 0.321 e. The summed E-state index contributed by atoms with van der Waals surface area (Å²) in [6, 6.07) is -0.606. The summed E-state index contributed by atoms with van der Waals surface area (Å²) < 4.78 is 11.7. The molecule has 0 aromatic rings. The Balaban J connectivity index is 3.61. The predicted molar refractivity (Wildman–Crippen MR) is 38.4 cm³/mol. The molecule has 0 fully saturated rings. The summed E-state index contributed by atoms with van der Waals surface area (Å²) >= 11 is 0. The quantitative estimate of drug-likeness (QED) is 0.642. The van der Waals surface area contributed by atoms with Crippen molar-refractivity contribution in [2.75, 3.05) is 6.67 Å². The number of hydrogen-bond acceptors (Lipinski definition) is 2. The molecule has 60 valence electrons. The first kappa shape index (κ1) is 9.56. The van der Waals surface area contributed by atoms with Crippen LogP contribution in [-0.2, 0) is 4.79 Å². The lowest BCUT2D eigenvalue weighted by Gasteiger charge is -2.09. The Morgan fingerprint density at radius 1 is 1.60 bits per heavy atom. The molecule has 0 aliphatic rings. The van der Waals surface area contributed by atoms with E-state index in [9.17, 15) is 9.18 Å². The minimum Gasteiger partial charge on any atom is -0.321 e. The Kier molecular flexibility index (Phi) is 4.19. The van der Waals surface area contributed by atoms with Gasteiger partial charge in [-0.25, -0.2) is 4.39 Å². The highest BCUT2D eigenvalue weighted by Crippen LogP contribution is 2.03. The molecule has 0 aliphatic carbocycles. The Hall–Kier alpha value is -0.440. The van der Waals surface area contributed by atoms with Gasteiger partial charge in [-0.05, 0) is 12.3 Å². The number of carbonyl (C=O) groups excluding carboxylic acids is 1. The maximum Gasteiger partial charge on any atom is 0.180 e. The second-order valence-corrected chi connectivity index (χ2v) is 2.84. The van der Waals surface area contributed by atoms with Crippen LogP contribution in [0.1, 0.15) is 20.3 Å². The highest BCUT2D eigenvalue weighted by Gasteiger charge is 2.13. The molecular formula is C7H14FNO. The summed E-state index contributed by atoms with van der Waals surface area (Å²) in [5.74, 6) is -0.140. The number of carbonyl (C=O) groups is 1. The Morgan fingerprint density at radius 2 is 2.10 bits per heavy atom. The molecule has 0 bridgehead atoms. The standard InChI is InChI=1S/C7H14FNO/c1-5(2)3-6(9)7(10)4-8/h5-6H,3-4,9H2,1-2H3/t6-/m0/s1. The van der Waals surface area contributed by atoms with Crippen LogP contribution in [0.3, 0.4) is 0 Å². The second-order valence-electron chi connectivity index (χ2n) is 2.84. The average molecular weight is 147 g/mol. The van der Waals surface area contributed by atoms with E-state index in [0.29, 0.717) is 12.3 Å². The topological polar surface area (TPSA) is 43.1 Å². The molecule has 1 atom stereocenters. The maximum absolute atomic E-state index is 11.7. The van der Waals surface area contributed by atoms with Crippen LogP contribution in [0, 0.1) is 5.92 Å². The van der Waals surface area contributed by atoms with Gasteiger partial charge in [0.1, 0.15) is 6.67 Å². The Bertz CT molecular complexity index is 114. The van der Waals surface area contributed by atoms with Crippen LogP contribution in [0.15, 0.2) is 0 Å². The summed E-state index contributed by atoms with van der Waals surface area (Å²) in [4.78, 5) is 10.5. The average Bonchev–Trinajstić information content (AvgIpc) is 1.85. The number of rotatable bonds is 4. The van der Waals surface area contributed by atoms with E-state index in [-0.39, 0.29) is 0 Å². The SMILES string of the molecule is CC(C)C[C@H](N)C(=O)CF. The van der Waals surface area contributed by atoms with Crippen molar-refractivity contribution in [3.8, 4) is 0 Å². The molecular weight excluding hydrogens is 133 g/mol. The molecule has 2 nitrogen and oxygen atoms in total. The van der Waals surface area contributed by atoms with Crippen LogP contribution in [0.4, 0.5) is 4.39 Å². The fraction of sp³-hybridized carbons (Fsp3) is 0.857. The van der Waals surface area contributed by atoms with Gasteiger partial charge in [0.15, 0.2) is 5.78 Å². The molecule has 0 amide bonds. The Morgan fingerprint density at radius 3 is 2.40 bits per heavy atom. The van der Waals surface area contributed by atoms with Gasteiger partial charge in [0.05, 0.1) is 6.04 Å². The van der Waals surface area contributed by atoms with Crippen molar-refractivity contribution in [1.29, 1.82) is 0 Å². The molecule has 0 aromatic heterocycles. The molecule has 0 heterocycles. The monoisotopic (exact) mass is 147 g/mol. The second kappa shape index (κ2) is 4.39. The van der Waals surface area contributed by atoms with Gasteiger partial charge in [0.25, 0.3) is 0 Å². The van der Waals surface area contributed by atoms with Gasteiger partial charge < -0.3 is 5.73 Å². The number of halogens is 1. The first-order valence-corrected chi connectivity index (χ1v) is 3.42. The number of ketones is 1. The van der Waals surface area contributed by atoms with Crippen molar-refractivity contribution < 1.29 is 9.18 Å². The fourth-order valence-electron chi connectivity index (χ4n) is 0.738. The lowest BCUT2D eigenvalue weighted by Crippen LogP contribution is -2.32. The third-order valence-corrected chi connectivity index (χ3v) is 1.27. The molecule has 0 unspecified atom stereocenters. The highest BCUT2D eigenvalue weighted by molar-refractivity contribution is 5.84. The van der Waals surface area contributed by atoms with E-state index in [2.05, 4.69) is 0 Å². The van der Waals surface area contributed by atoms with Crippen LogP contribution in [0.25, 0.3) is 0 Å². The van der Waals surface area contributed by atoms with Crippen LogP contribution >= 0.6 is 0 Å². The molecule has 0 saturated heterocycles. The van der Waals surface area contributed by atoms with E-state index in [1.807, 2.05) is 13.8 Å². The van der Waals surface area contributed by atoms with Crippen molar-refractivity contribution >= 4 is 5.78 Å². The zero-order valence-corrected chi connectivity index (χ0v) is 6.43. The summed E-state index contributed by atoms with van der Waals surface area (Å²) in [7, 11) is 0. The fourth-order valence-corrected chi connectivity index (χ4v) is 0.738. The van der Waals surface area contributed by atoms with Gasteiger partial charge in [0, 0.05) is 0 Å². The first-order valence-electron chi connectivity index (χ1n) is 3.42. The van der Waals surface area contributed by atoms with Gasteiger partial charge in [-0.15, -0.1) is 0 Å². The minimum atomic E-state index is -0.937. The lowest BCUT2D eigenvalue weighted by atomic mass is 10.0. The van der Waals surface area contributed by atoms with E-state index in [0.717, 1.165) is 0 Å². The van der Waals surface area contributed by atoms with Gasteiger partial charge in [-0.2, -0.15) is 0 Å². The van der Waals surface area contributed by atoms with Crippen molar-refractivity contribution in [3.05, 3.63) is 0 Å². The summed E-state index contributed by atoms with van der Waals surface area (Å²) in [5.41, 5.74) is 5.34. The van der Waals surface area contributed by atoms with Gasteiger partial charge in [0.2, 0.25) is 0 Å². The molecule has 0 aromatic carbocycles. The number of alkyl halides is 1. The zero-order chi connectivity index (χ0) is 8.15. The zero-order valence-electron chi connectivity index (χ0n) is 6.43. The van der Waals surface area contributed by atoms with E-state index in [1.54, 1.807) is 0 Å². The molecule has 2 N–H and O–H groups in total. The third kappa shape index (κ3) is 3.56. The minimum absolute atomic E-state index is 0.352. The normalized spacial score (nSPS) is 13.7. The maximum atomic E-state index is 11.7. The van der Waals surface area contributed by atoms with Crippen molar-refractivity contribution in [2.24, 2.45) is 11.7 Å². The van der Waals surface area contributed by atoms with Gasteiger partial charge >= 0.3 is 0 Å². The smallest absolute Gasteiger partial charge is 0.180 e. The van der Waals surface area contributed by atoms with Gasteiger partial charge in [-0.1, -0.05) is 13.8 Å². The van der Waals surface area contributed by atoms with Gasteiger partial charge in [-0.3, -0.25) is 4.79 Å². The van der Waals surface area contributed by atoms with Crippen LogP contribution in [0.2, 0.25) is 0 Å². The van der Waals surface area contributed by atoms with Crippen molar-refractivity contribution in [3.63, 3.8) is 0 Å². The first-order chi connectivity index (χ1) is 4.57. The van der Waals surface area contributed by atoms with E-state index in [1.165, 1.54) is 0 Å². The van der Waals surface area contributed by atoms with Crippen LogP contribution < -0.4 is 5.73 Å². The molecule has 0 spiro atoms.